The van der Waals surface area contributed by atoms with Gasteiger partial charge in [0.05, 0.1) is 13.2 Å². The Kier molecular flexibility index (Phi) is 8.68. The first-order valence-corrected chi connectivity index (χ1v) is 7.63. The predicted octanol–water partition coefficient (Wildman–Crippen LogP) is 3.95. The van der Waals surface area contributed by atoms with Crippen LogP contribution in [0.1, 0.15) is 12.0 Å². The molecule has 102 valence electrons. The quantitative estimate of drug-likeness (QED) is 0.502. The van der Waals surface area contributed by atoms with Crippen molar-refractivity contribution >= 4 is 27.5 Å². The van der Waals surface area contributed by atoms with Crippen molar-refractivity contribution in [2.75, 3.05) is 32.3 Å². The molecule has 0 aromatic heterocycles. The topological polar surface area (TPSA) is 18.5 Å². The molecule has 1 rings (SSSR count). The molecule has 0 spiro atoms. The fraction of sp³-hybridized carbons (Fsp3) is 0.571. The van der Waals surface area contributed by atoms with Gasteiger partial charge >= 0.3 is 0 Å². The van der Waals surface area contributed by atoms with Crippen molar-refractivity contribution in [3.05, 3.63) is 34.9 Å². The van der Waals surface area contributed by atoms with E-state index in [1.807, 2.05) is 12.1 Å². The van der Waals surface area contributed by atoms with E-state index in [1.54, 1.807) is 7.11 Å². The van der Waals surface area contributed by atoms with Crippen molar-refractivity contribution < 1.29 is 9.47 Å². The molecule has 0 radical (unpaired) electrons. The van der Waals surface area contributed by atoms with E-state index in [0.29, 0.717) is 19.1 Å². The van der Waals surface area contributed by atoms with Gasteiger partial charge in [-0.15, -0.1) is 0 Å². The lowest BCUT2D eigenvalue weighted by molar-refractivity contribution is 0.0648. The van der Waals surface area contributed by atoms with Crippen molar-refractivity contribution in [2.45, 2.75) is 12.8 Å². The van der Waals surface area contributed by atoms with E-state index >= 15 is 0 Å². The highest BCUT2D eigenvalue weighted by atomic mass is 79.9. The summed E-state index contributed by atoms with van der Waals surface area (Å²) in [6.45, 7) is 2.12. The van der Waals surface area contributed by atoms with Crippen LogP contribution < -0.4 is 0 Å². The molecule has 2 nitrogen and oxygen atoms in total. The van der Waals surface area contributed by atoms with Gasteiger partial charge in [0.25, 0.3) is 0 Å². The largest absolute Gasteiger partial charge is 0.382 e. The van der Waals surface area contributed by atoms with Gasteiger partial charge in [0.2, 0.25) is 0 Å². The monoisotopic (exact) mass is 334 g/mol. The van der Waals surface area contributed by atoms with Crippen LogP contribution in [0.5, 0.6) is 0 Å². The van der Waals surface area contributed by atoms with Crippen LogP contribution in [0.4, 0.5) is 0 Å². The van der Waals surface area contributed by atoms with Gasteiger partial charge in [-0.25, -0.2) is 0 Å². The Balaban J connectivity index is 2.26. The molecule has 1 aromatic rings. The molecule has 0 saturated carbocycles. The highest BCUT2D eigenvalue weighted by molar-refractivity contribution is 9.09. The van der Waals surface area contributed by atoms with Crippen molar-refractivity contribution in [2.24, 2.45) is 5.92 Å². The maximum absolute atomic E-state index is 5.87. The summed E-state index contributed by atoms with van der Waals surface area (Å²) in [6, 6.07) is 8.06. The highest BCUT2D eigenvalue weighted by Gasteiger charge is 2.08. The van der Waals surface area contributed by atoms with Crippen LogP contribution in [0, 0.1) is 5.92 Å². The fourth-order valence-corrected chi connectivity index (χ4v) is 2.36. The SMILES string of the molecule is COCCOCCC(CBr)Cc1ccc(Cl)cc1. The Morgan fingerprint density at radius 3 is 2.50 bits per heavy atom. The van der Waals surface area contributed by atoms with E-state index in [4.69, 9.17) is 21.1 Å². The van der Waals surface area contributed by atoms with Gasteiger partial charge in [0.15, 0.2) is 0 Å². The second-order valence-corrected chi connectivity index (χ2v) is 5.33. The minimum absolute atomic E-state index is 0.591. The highest BCUT2D eigenvalue weighted by Crippen LogP contribution is 2.17. The van der Waals surface area contributed by atoms with Crippen LogP contribution in [-0.4, -0.2) is 32.3 Å². The molecular weight excluding hydrogens is 316 g/mol. The van der Waals surface area contributed by atoms with Gasteiger partial charge in [-0.3, -0.25) is 0 Å². The Morgan fingerprint density at radius 2 is 1.89 bits per heavy atom. The maximum atomic E-state index is 5.87. The lowest BCUT2D eigenvalue weighted by Gasteiger charge is -2.14. The second kappa shape index (κ2) is 9.79. The predicted molar refractivity (Wildman–Crippen MR) is 79.8 cm³/mol. The van der Waals surface area contributed by atoms with Gasteiger partial charge in [0, 0.05) is 24.1 Å². The Labute approximate surface area is 123 Å². The van der Waals surface area contributed by atoms with E-state index in [9.17, 15) is 0 Å². The molecule has 0 heterocycles. The third-order valence-corrected chi connectivity index (χ3v) is 3.93. The van der Waals surface area contributed by atoms with Crippen LogP contribution in [0.3, 0.4) is 0 Å². The smallest absolute Gasteiger partial charge is 0.0700 e. The zero-order valence-corrected chi connectivity index (χ0v) is 13.0. The number of hydrogen-bond donors (Lipinski definition) is 0. The summed E-state index contributed by atoms with van der Waals surface area (Å²) in [4.78, 5) is 0. The van der Waals surface area contributed by atoms with Crippen molar-refractivity contribution in [3.8, 4) is 0 Å². The van der Waals surface area contributed by atoms with Gasteiger partial charge in [-0.2, -0.15) is 0 Å². The third kappa shape index (κ3) is 6.74. The molecule has 1 aromatic carbocycles. The van der Waals surface area contributed by atoms with E-state index in [-0.39, 0.29) is 0 Å². The van der Waals surface area contributed by atoms with E-state index in [2.05, 4.69) is 28.1 Å². The Bertz CT molecular complexity index is 316. The molecule has 0 fully saturated rings. The number of halogens is 2. The first-order valence-electron chi connectivity index (χ1n) is 6.13. The summed E-state index contributed by atoms with van der Waals surface area (Å²) in [7, 11) is 1.69. The lowest BCUT2D eigenvalue weighted by Crippen LogP contribution is -2.11. The minimum Gasteiger partial charge on any atom is -0.382 e. The Hall–Kier alpha value is -0.0900. The molecule has 0 amide bonds. The summed E-state index contributed by atoms with van der Waals surface area (Å²) in [6.07, 6.45) is 2.10. The van der Waals surface area contributed by atoms with E-state index in [0.717, 1.165) is 29.8 Å². The number of ether oxygens (including phenoxy) is 2. The van der Waals surface area contributed by atoms with Gasteiger partial charge in [-0.1, -0.05) is 39.7 Å². The first kappa shape index (κ1) is 16.0. The van der Waals surface area contributed by atoms with Gasteiger partial charge < -0.3 is 9.47 Å². The van der Waals surface area contributed by atoms with Gasteiger partial charge in [-0.05, 0) is 36.5 Å². The molecule has 0 aliphatic carbocycles. The molecule has 0 saturated heterocycles. The minimum atomic E-state index is 0.591. The number of methoxy groups -OCH3 is 1. The molecule has 0 aliphatic rings. The lowest BCUT2D eigenvalue weighted by atomic mass is 9.98. The number of alkyl halides is 1. The standard InChI is InChI=1S/C14H20BrClO2/c1-17-8-9-18-7-6-13(11-15)10-12-2-4-14(16)5-3-12/h2-5,13H,6-11H2,1H3. The summed E-state index contributed by atoms with van der Waals surface area (Å²) in [5.41, 5.74) is 1.32. The molecule has 4 heteroatoms. The van der Waals surface area contributed by atoms with Crippen molar-refractivity contribution in [1.82, 2.24) is 0 Å². The van der Waals surface area contributed by atoms with E-state index < -0.39 is 0 Å². The molecule has 1 unspecified atom stereocenters. The summed E-state index contributed by atoms with van der Waals surface area (Å²) >= 11 is 9.44. The van der Waals surface area contributed by atoms with Crippen LogP contribution >= 0.6 is 27.5 Å². The average Bonchev–Trinajstić information content (AvgIpc) is 2.39. The van der Waals surface area contributed by atoms with E-state index in [1.165, 1.54) is 5.56 Å². The third-order valence-electron chi connectivity index (χ3n) is 2.76. The van der Waals surface area contributed by atoms with Gasteiger partial charge in [0.1, 0.15) is 0 Å². The maximum Gasteiger partial charge on any atom is 0.0700 e. The summed E-state index contributed by atoms with van der Waals surface area (Å²) in [5.74, 6) is 0.591. The number of hydrogen-bond acceptors (Lipinski definition) is 2. The molecule has 0 bridgehead atoms. The molecule has 0 N–H and O–H groups in total. The zero-order valence-electron chi connectivity index (χ0n) is 10.7. The van der Waals surface area contributed by atoms with Crippen molar-refractivity contribution in [3.63, 3.8) is 0 Å². The molecule has 1 atom stereocenters. The fourth-order valence-electron chi connectivity index (χ4n) is 1.68. The number of rotatable bonds is 9. The molecule has 18 heavy (non-hydrogen) atoms. The van der Waals surface area contributed by atoms with Crippen LogP contribution in [0.2, 0.25) is 5.02 Å². The number of benzene rings is 1. The van der Waals surface area contributed by atoms with Crippen LogP contribution in [0.15, 0.2) is 24.3 Å². The second-order valence-electron chi connectivity index (χ2n) is 4.24. The average molecular weight is 336 g/mol. The summed E-state index contributed by atoms with van der Waals surface area (Å²) < 4.78 is 10.4. The summed E-state index contributed by atoms with van der Waals surface area (Å²) in [5, 5.41) is 1.78. The molecule has 0 aliphatic heterocycles. The van der Waals surface area contributed by atoms with Crippen molar-refractivity contribution in [1.29, 1.82) is 0 Å². The zero-order chi connectivity index (χ0) is 13.2. The Morgan fingerprint density at radius 1 is 1.17 bits per heavy atom. The molecular formula is C14H20BrClO2. The normalized spacial score (nSPS) is 12.6. The van der Waals surface area contributed by atoms with Crippen LogP contribution in [-0.2, 0) is 15.9 Å². The van der Waals surface area contributed by atoms with Crippen LogP contribution in [0.25, 0.3) is 0 Å². The first-order chi connectivity index (χ1) is 8.76.